The Morgan fingerprint density at radius 3 is 2.22 bits per heavy atom. The predicted molar refractivity (Wildman–Crippen MR) is 93.2 cm³/mol. The molecule has 3 nitrogen and oxygen atoms in total. The molecule has 0 radical (unpaired) electrons. The molecule has 7 heteroatoms. The molecule has 0 N–H and O–H groups in total. The smallest absolute Gasteiger partial charge is 0.352 e. The van der Waals surface area contributed by atoms with Gasteiger partial charge in [-0.15, -0.1) is 0 Å². The number of hydrogen-bond donors (Lipinski definition) is 0. The number of benzene rings is 2. The molecule has 0 spiro atoms. The van der Waals surface area contributed by atoms with Gasteiger partial charge in [0.15, 0.2) is 6.23 Å². The Balaban J connectivity index is 1.57. The summed E-state index contributed by atoms with van der Waals surface area (Å²) in [5.74, 6) is -0.302. The lowest BCUT2D eigenvalue weighted by Crippen LogP contribution is -2.22. The number of alkyl halides is 3. The number of halogens is 4. The minimum Gasteiger partial charge on any atom is -0.352 e. The lowest BCUT2D eigenvalue weighted by atomic mass is 10.2. The van der Waals surface area contributed by atoms with Gasteiger partial charge >= 0.3 is 6.18 Å². The lowest BCUT2D eigenvalue weighted by molar-refractivity contribution is -0.137. The molecule has 2 heterocycles. The van der Waals surface area contributed by atoms with Crippen LogP contribution in [-0.2, 0) is 10.9 Å². The van der Waals surface area contributed by atoms with E-state index in [9.17, 15) is 17.6 Å². The standard InChI is InChI=1S/C20H16F4N2O/c21-16-3-7-18(8-4-16)26-11-12-27-19(26)14-9-10-25(13-14)17-5-1-15(2-6-17)20(22,23)24/h1-10,13,19H,11-12H2/t19-/m0/s1. The van der Waals surface area contributed by atoms with E-state index in [1.165, 1.54) is 24.3 Å². The second kappa shape index (κ2) is 6.74. The molecular formula is C20H16F4N2O. The van der Waals surface area contributed by atoms with Crippen LogP contribution >= 0.6 is 0 Å². The van der Waals surface area contributed by atoms with Crippen LogP contribution in [0.1, 0.15) is 17.4 Å². The van der Waals surface area contributed by atoms with Crippen molar-refractivity contribution >= 4 is 5.69 Å². The maximum Gasteiger partial charge on any atom is 0.416 e. The third-order valence-electron chi connectivity index (χ3n) is 4.54. The predicted octanol–water partition coefficient (Wildman–Crippen LogP) is 5.17. The summed E-state index contributed by atoms with van der Waals surface area (Å²) < 4.78 is 58.9. The van der Waals surface area contributed by atoms with Crippen molar-refractivity contribution in [2.45, 2.75) is 12.4 Å². The van der Waals surface area contributed by atoms with Crippen molar-refractivity contribution in [3.8, 4) is 5.69 Å². The van der Waals surface area contributed by atoms with Crippen molar-refractivity contribution in [3.63, 3.8) is 0 Å². The fraction of sp³-hybridized carbons (Fsp3) is 0.200. The quantitative estimate of drug-likeness (QED) is 0.587. The van der Waals surface area contributed by atoms with Crippen LogP contribution in [-0.4, -0.2) is 17.7 Å². The summed E-state index contributed by atoms with van der Waals surface area (Å²) in [7, 11) is 0. The molecule has 1 aromatic heterocycles. The zero-order valence-electron chi connectivity index (χ0n) is 14.2. The summed E-state index contributed by atoms with van der Waals surface area (Å²) in [4.78, 5) is 2.02. The largest absolute Gasteiger partial charge is 0.416 e. The van der Waals surface area contributed by atoms with Crippen LogP contribution < -0.4 is 4.90 Å². The highest BCUT2D eigenvalue weighted by atomic mass is 19.4. The molecule has 0 bridgehead atoms. The summed E-state index contributed by atoms with van der Waals surface area (Å²) in [6.07, 6.45) is -1.07. The third-order valence-corrected chi connectivity index (χ3v) is 4.54. The van der Waals surface area contributed by atoms with Crippen molar-refractivity contribution in [2.75, 3.05) is 18.1 Å². The molecule has 0 aliphatic carbocycles. The first-order chi connectivity index (χ1) is 12.9. The number of anilines is 1. The van der Waals surface area contributed by atoms with Crippen LogP contribution in [0.15, 0.2) is 67.0 Å². The molecular weight excluding hydrogens is 360 g/mol. The number of nitrogens with zero attached hydrogens (tertiary/aromatic N) is 2. The summed E-state index contributed by atoms with van der Waals surface area (Å²) in [5, 5.41) is 0. The van der Waals surface area contributed by atoms with Crippen LogP contribution in [0.5, 0.6) is 0 Å². The number of aromatic nitrogens is 1. The number of hydrogen-bond acceptors (Lipinski definition) is 2. The average molecular weight is 376 g/mol. The SMILES string of the molecule is Fc1ccc(N2CCO[C@H]2c2ccn(-c3ccc(C(F)(F)F)cc3)c2)cc1. The first-order valence-corrected chi connectivity index (χ1v) is 8.41. The van der Waals surface area contributed by atoms with Gasteiger partial charge in [-0.3, -0.25) is 0 Å². The molecule has 3 aromatic rings. The molecule has 1 saturated heterocycles. The van der Waals surface area contributed by atoms with Gasteiger partial charge in [0.25, 0.3) is 0 Å². The number of ether oxygens (including phenoxy) is 1. The maximum atomic E-state index is 13.2. The van der Waals surface area contributed by atoms with Crippen LogP contribution in [0.2, 0.25) is 0 Å². The van der Waals surface area contributed by atoms with Gasteiger partial charge in [-0.2, -0.15) is 13.2 Å². The second-order valence-electron chi connectivity index (χ2n) is 6.29. The summed E-state index contributed by atoms with van der Waals surface area (Å²) in [6.45, 7) is 1.20. The lowest BCUT2D eigenvalue weighted by Gasteiger charge is -2.24. The minimum atomic E-state index is -4.35. The normalized spacial score (nSPS) is 17.5. The minimum absolute atomic E-state index is 0.302. The van der Waals surface area contributed by atoms with E-state index in [4.69, 9.17) is 4.74 Å². The van der Waals surface area contributed by atoms with Gasteiger partial charge in [0.2, 0.25) is 0 Å². The zero-order valence-corrected chi connectivity index (χ0v) is 14.2. The fourth-order valence-corrected chi connectivity index (χ4v) is 3.19. The zero-order chi connectivity index (χ0) is 19.0. The monoisotopic (exact) mass is 376 g/mol. The maximum absolute atomic E-state index is 13.2. The van der Waals surface area contributed by atoms with Gasteiger partial charge < -0.3 is 14.2 Å². The molecule has 2 aromatic carbocycles. The topological polar surface area (TPSA) is 17.4 Å². The van der Waals surface area contributed by atoms with E-state index in [0.717, 1.165) is 23.4 Å². The number of rotatable bonds is 3. The van der Waals surface area contributed by atoms with E-state index in [-0.39, 0.29) is 12.0 Å². The average Bonchev–Trinajstić information content (AvgIpc) is 3.31. The third kappa shape index (κ3) is 3.55. The molecule has 1 aliphatic rings. The van der Waals surface area contributed by atoms with Crippen LogP contribution in [0.4, 0.5) is 23.2 Å². The fourth-order valence-electron chi connectivity index (χ4n) is 3.19. The molecule has 4 rings (SSSR count). The Morgan fingerprint density at radius 1 is 0.889 bits per heavy atom. The van der Waals surface area contributed by atoms with Crippen LogP contribution in [0, 0.1) is 5.82 Å². The Bertz CT molecular complexity index is 916. The van der Waals surface area contributed by atoms with Crippen molar-refractivity contribution in [2.24, 2.45) is 0 Å². The molecule has 0 amide bonds. The van der Waals surface area contributed by atoms with E-state index in [2.05, 4.69) is 0 Å². The first kappa shape index (κ1) is 17.6. The van der Waals surface area contributed by atoms with Crippen molar-refractivity contribution in [3.05, 3.63) is 83.9 Å². The van der Waals surface area contributed by atoms with E-state index in [0.29, 0.717) is 18.8 Å². The van der Waals surface area contributed by atoms with Gasteiger partial charge in [0.1, 0.15) is 5.82 Å². The molecule has 1 atom stereocenters. The second-order valence-corrected chi connectivity index (χ2v) is 6.29. The Morgan fingerprint density at radius 2 is 1.56 bits per heavy atom. The Hall–Kier alpha value is -2.80. The first-order valence-electron chi connectivity index (χ1n) is 8.41. The van der Waals surface area contributed by atoms with E-state index >= 15 is 0 Å². The van der Waals surface area contributed by atoms with Crippen LogP contribution in [0.3, 0.4) is 0 Å². The van der Waals surface area contributed by atoms with Gasteiger partial charge in [-0.05, 0) is 54.6 Å². The van der Waals surface area contributed by atoms with Crippen molar-refractivity contribution in [1.82, 2.24) is 4.57 Å². The molecule has 1 aliphatic heterocycles. The van der Waals surface area contributed by atoms with Crippen molar-refractivity contribution < 1.29 is 22.3 Å². The summed E-state index contributed by atoms with van der Waals surface area (Å²) in [6, 6.07) is 13.0. The van der Waals surface area contributed by atoms with E-state index < -0.39 is 11.7 Å². The molecule has 1 fully saturated rings. The Kier molecular flexibility index (Phi) is 4.39. The van der Waals surface area contributed by atoms with Gasteiger partial charge in [0.05, 0.1) is 12.2 Å². The highest BCUT2D eigenvalue weighted by Crippen LogP contribution is 2.33. The molecule has 140 valence electrons. The molecule has 0 saturated carbocycles. The van der Waals surface area contributed by atoms with E-state index in [1.807, 2.05) is 17.2 Å². The van der Waals surface area contributed by atoms with Crippen molar-refractivity contribution in [1.29, 1.82) is 0 Å². The highest BCUT2D eigenvalue weighted by Gasteiger charge is 2.30. The Labute approximate surface area is 153 Å². The summed E-state index contributed by atoms with van der Waals surface area (Å²) >= 11 is 0. The van der Waals surface area contributed by atoms with E-state index in [1.54, 1.807) is 22.9 Å². The van der Waals surface area contributed by atoms with Gasteiger partial charge in [-0.1, -0.05) is 0 Å². The highest BCUT2D eigenvalue weighted by molar-refractivity contribution is 5.49. The van der Waals surface area contributed by atoms with Gasteiger partial charge in [-0.25, -0.2) is 4.39 Å². The van der Waals surface area contributed by atoms with Crippen LogP contribution in [0.25, 0.3) is 5.69 Å². The van der Waals surface area contributed by atoms with Gasteiger partial charge in [0, 0.05) is 35.9 Å². The summed E-state index contributed by atoms with van der Waals surface area (Å²) in [5.41, 5.74) is 1.67. The molecule has 27 heavy (non-hydrogen) atoms. The molecule has 0 unspecified atom stereocenters.